The first-order valence-electron chi connectivity index (χ1n) is 6.24. The molecule has 0 saturated heterocycles. The van der Waals surface area contributed by atoms with E-state index in [1.165, 1.54) is 12.1 Å². The largest absolute Gasteiger partial charge is 0.396 e. The van der Waals surface area contributed by atoms with Gasteiger partial charge in [-0.3, -0.25) is 14.9 Å². The number of carbonyl (C=O) groups is 1. The van der Waals surface area contributed by atoms with Crippen LogP contribution in [-0.4, -0.2) is 34.1 Å². The Labute approximate surface area is 114 Å². The number of benzene rings is 1. The van der Waals surface area contributed by atoms with Crippen molar-refractivity contribution in [2.75, 3.05) is 13.2 Å². The molecule has 1 aromatic carbocycles. The molecule has 2 aromatic rings. The molecule has 0 spiro atoms. The third kappa shape index (κ3) is 3.12. The minimum Gasteiger partial charge on any atom is -0.396 e. The van der Waals surface area contributed by atoms with Crippen LogP contribution in [0.4, 0.5) is 5.69 Å². The lowest BCUT2D eigenvalue weighted by Crippen LogP contribution is -2.26. The Balaban J connectivity index is 2.15. The van der Waals surface area contributed by atoms with Crippen LogP contribution in [-0.2, 0) is 11.2 Å². The highest BCUT2D eigenvalue weighted by molar-refractivity contribution is 5.90. The molecule has 0 radical (unpaired) electrons. The highest BCUT2D eigenvalue weighted by Gasteiger charge is 2.12. The van der Waals surface area contributed by atoms with Crippen molar-refractivity contribution in [3.05, 3.63) is 40.1 Å². The zero-order valence-corrected chi connectivity index (χ0v) is 10.8. The van der Waals surface area contributed by atoms with Crippen LogP contribution in [0.2, 0.25) is 0 Å². The number of nitrogens with zero attached hydrogens (tertiary/aromatic N) is 1. The molecule has 0 atom stereocenters. The summed E-state index contributed by atoms with van der Waals surface area (Å²) in [4.78, 5) is 25.0. The lowest BCUT2D eigenvalue weighted by atomic mass is 10.1. The molecule has 0 fully saturated rings. The molecule has 2 rings (SSSR count). The Bertz CT molecular complexity index is 636. The summed E-state index contributed by atoms with van der Waals surface area (Å²) in [7, 11) is 0. The predicted molar refractivity (Wildman–Crippen MR) is 73.4 cm³/mol. The van der Waals surface area contributed by atoms with Gasteiger partial charge in [0.2, 0.25) is 5.91 Å². The van der Waals surface area contributed by atoms with E-state index in [9.17, 15) is 14.9 Å². The second-order valence-corrected chi connectivity index (χ2v) is 4.40. The minimum atomic E-state index is -0.461. The number of nitro groups is 1. The lowest BCUT2D eigenvalue weighted by Gasteiger charge is -2.03. The average molecular weight is 277 g/mol. The molecule has 0 aliphatic carbocycles. The Hall–Kier alpha value is -2.41. The van der Waals surface area contributed by atoms with Gasteiger partial charge in [-0.15, -0.1) is 0 Å². The summed E-state index contributed by atoms with van der Waals surface area (Å²) in [6, 6.07) is 4.51. The van der Waals surface area contributed by atoms with E-state index in [4.69, 9.17) is 5.11 Å². The number of rotatable bonds is 6. The fourth-order valence-corrected chi connectivity index (χ4v) is 1.97. The van der Waals surface area contributed by atoms with E-state index in [1.807, 2.05) is 0 Å². The zero-order chi connectivity index (χ0) is 14.5. The summed E-state index contributed by atoms with van der Waals surface area (Å²) in [6.07, 6.45) is 2.33. The molecule has 106 valence electrons. The Morgan fingerprint density at radius 2 is 2.25 bits per heavy atom. The molecule has 0 aliphatic heterocycles. The Morgan fingerprint density at radius 1 is 1.45 bits per heavy atom. The molecular formula is C13H15N3O4. The third-order valence-electron chi connectivity index (χ3n) is 2.97. The number of non-ortho nitro benzene ring substituents is 1. The normalized spacial score (nSPS) is 10.7. The molecule has 1 heterocycles. The summed E-state index contributed by atoms with van der Waals surface area (Å²) >= 11 is 0. The average Bonchev–Trinajstić information content (AvgIpc) is 2.81. The summed E-state index contributed by atoms with van der Waals surface area (Å²) in [5.74, 6) is -0.175. The van der Waals surface area contributed by atoms with Crippen molar-refractivity contribution in [3.8, 4) is 0 Å². The standard InChI is InChI=1S/C13H15N3O4/c17-5-1-4-14-13(18)6-9-8-15-12-3-2-10(16(19)20)7-11(9)12/h2-3,7-8,15,17H,1,4-6H2,(H,14,18). The van der Waals surface area contributed by atoms with Crippen LogP contribution in [0.5, 0.6) is 0 Å². The monoisotopic (exact) mass is 277 g/mol. The van der Waals surface area contributed by atoms with Crippen molar-refractivity contribution in [1.82, 2.24) is 10.3 Å². The van der Waals surface area contributed by atoms with E-state index >= 15 is 0 Å². The van der Waals surface area contributed by atoms with Crippen molar-refractivity contribution < 1.29 is 14.8 Å². The molecule has 0 aliphatic rings. The first-order valence-corrected chi connectivity index (χ1v) is 6.24. The molecule has 1 amide bonds. The van der Waals surface area contributed by atoms with Crippen LogP contribution < -0.4 is 5.32 Å². The van der Waals surface area contributed by atoms with Crippen LogP contribution in [0.3, 0.4) is 0 Å². The quantitative estimate of drug-likeness (QED) is 0.417. The number of nitro benzene ring substituents is 1. The van der Waals surface area contributed by atoms with Gasteiger partial charge in [0.25, 0.3) is 5.69 Å². The zero-order valence-electron chi connectivity index (χ0n) is 10.8. The number of aromatic nitrogens is 1. The van der Waals surface area contributed by atoms with Gasteiger partial charge in [-0.05, 0) is 18.1 Å². The van der Waals surface area contributed by atoms with Gasteiger partial charge in [0, 0.05) is 42.4 Å². The number of hydrogen-bond acceptors (Lipinski definition) is 4. The second kappa shape index (κ2) is 6.16. The van der Waals surface area contributed by atoms with Crippen molar-refractivity contribution in [1.29, 1.82) is 0 Å². The smallest absolute Gasteiger partial charge is 0.270 e. The van der Waals surface area contributed by atoms with Gasteiger partial charge in [0.15, 0.2) is 0 Å². The van der Waals surface area contributed by atoms with Gasteiger partial charge in [0.1, 0.15) is 0 Å². The lowest BCUT2D eigenvalue weighted by molar-refractivity contribution is -0.384. The van der Waals surface area contributed by atoms with Crippen LogP contribution in [0.1, 0.15) is 12.0 Å². The highest BCUT2D eigenvalue weighted by Crippen LogP contribution is 2.23. The molecule has 20 heavy (non-hydrogen) atoms. The fourth-order valence-electron chi connectivity index (χ4n) is 1.97. The summed E-state index contributed by atoms with van der Waals surface area (Å²) in [5, 5.41) is 22.8. The molecule has 1 aromatic heterocycles. The molecule has 3 N–H and O–H groups in total. The van der Waals surface area contributed by atoms with Crippen molar-refractivity contribution in [3.63, 3.8) is 0 Å². The molecular weight excluding hydrogens is 262 g/mol. The van der Waals surface area contributed by atoms with E-state index in [0.717, 1.165) is 5.52 Å². The maximum Gasteiger partial charge on any atom is 0.270 e. The second-order valence-electron chi connectivity index (χ2n) is 4.40. The van der Waals surface area contributed by atoms with Crippen LogP contribution in [0.15, 0.2) is 24.4 Å². The van der Waals surface area contributed by atoms with E-state index < -0.39 is 4.92 Å². The van der Waals surface area contributed by atoms with Gasteiger partial charge in [-0.25, -0.2) is 0 Å². The molecule has 7 heteroatoms. The third-order valence-corrected chi connectivity index (χ3v) is 2.97. The van der Waals surface area contributed by atoms with Crippen molar-refractivity contribution in [2.45, 2.75) is 12.8 Å². The van der Waals surface area contributed by atoms with Gasteiger partial charge in [-0.2, -0.15) is 0 Å². The number of amides is 1. The molecule has 0 saturated carbocycles. The van der Waals surface area contributed by atoms with Crippen molar-refractivity contribution >= 4 is 22.5 Å². The van der Waals surface area contributed by atoms with Crippen molar-refractivity contribution in [2.24, 2.45) is 0 Å². The topological polar surface area (TPSA) is 108 Å². The Kier molecular flexibility index (Phi) is 4.31. The number of aliphatic hydroxyl groups is 1. The highest BCUT2D eigenvalue weighted by atomic mass is 16.6. The van der Waals surface area contributed by atoms with Crippen LogP contribution in [0.25, 0.3) is 10.9 Å². The summed E-state index contributed by atoms with van der Waals surface area (Å²) in [6.45, 7) is 0.442. The maximum atomic E-state index is 11.7. The SMILES string of the molecule is O=C(Cc1c[nH]c2ccc([N+](=O)[O-])cc12)NCCCO. The molecule has 7 nitrogen and oxygen atoms in total. The number of aliphatic hydroxyl groups excluding tert-OH is 1. The van der Waals surface area contributed by atoms with E-state index in [1.54, 1.807) is 12.3 Å². The first kappa shape index (κ1) is 14.0. The number of aromatic amines is 1. The predicted octanol–water partition coefficient (Wildman–Crippen LogP) is 1.12. The molecule has 0 bridgehead atoms. The van der Waals surface area contributed by atoms with E-state index in [0.29, 0.717) is 23.9 Å². The number of nitrogens with one attached hydrogen (secondary N) is 2. The van der Waals surface area contributed by atoms with Gasteiger partial charge in [0.05, 0.1) is 11.3 Å². The summed E-state index contributed by atoms with van der Waals surface area (Å²) < 4.78 is 0. The Morgan fingerprint density at radius 3 is 2.95 bits per heavy atom. The fraction of sp³-hybridized carbons (Fsp3) is 0.308. The first-order chi connectivity index (χ1) is 9.61. The number of fused-ring (bicyclic) bond motifs is 1. The summed E-state index contributed by atoms with van der Waals surface area (Å²) in [5.41, 5.74) is 1.47. The molecule has 0 unspecified atom stereocenters. The minimum absolute atomic E-state index is 0.000890. The maximum absolute atomic E-state index is 11.7. The number of H-pyrrole nitrogens is 1. The number of carbonyl (C=O) groups excluding carboxylic acids is 1. The van der Waals surface area contributed by atoms with E-state index in [-0.39, 0.29) is 24.6 Å². The van der Waals surface area contributed by atoms with Gasteiger partial charge >= 0.3 is 0 Å². The van der Waals surface area contributed by atoms with Crippen LogP contribution >= 0.6 is 0 Å². The van der Waals surface area contributed by atoms with Gasteiger partial charge < -0.3 is 15.4 Å². The van der Waals surface area contributed by atoms with Gasteiger partial charge in [-0.1, -0.05) is 0 Å². The van der Waals surface area contributed by atoms with Crippen LogP contribution in [0, 0.1) is 10.1 Å². The number of hydrogen-bond donors (Lipinski definition) is 3. The van der Waals surface area contributed by atoms with E-state index in [2.05, 4.69) is 10.3 Å².